The molecule has 1 aliphatic carbocycles. The van der Waals surface area contributed by atoms with Gasteiger partial charge in [0.05, 0.1) is 0 Å². The predicted molar refractivity (Wildman–Crippen MR) is 55.6 cm³/mol. The third-order valence-electron chi connectivity index (χ3n) is 3.13. The molecule has 1 heteroatoms. The maximum atomic E-state index is 11.8. The van der Waals surface area contributed by atoms with Crippen molar-refractivity contribution in [2.75, 3.05) is 0 Å². The third-order valence-corrected chi connectivity index (χ3v) is 3.13. The van der Waals surface area contributed by atoms with Gasteiger partial charge in [-0.25, -0.2) is 0 Å². The first-order valence-corrected chi connectivity index (χ1v) is 5.30. The Balaban J connectivity index is 2.64. The molecule has 1 rings (SSSR count). The second kappa shape index (κ2) is 4.08. The minimum absolute atomic E-state index is 0.0461. The number of rotatable bonds is 3. The van der Waals surface area contributed by atoms with E-state index in [1.54, 1.807) is 0 Å². The summed E-state index contributed by atoms with van der Waals surface area (Å²) < 4.78 is 0. The molecular formula is C12H20O. The molecule has 1 nitrogen and oxygen atoms in total. The topological polar surface area (TPSA) is 17.1 Å². The van der Waals surface area contributed by atoms with Gasteiger partial charge in [-0.05, 0) is 32.3 Å². The molecular weight excluding hydrogens is 160 g/mol. The van der Waals surface area contributed by atoms with Gasteiger partial charge in [0.1, 0.15) is 0 Å². The van der Waals surface area contributed by atoms with E-state index < -0.39 is 0 Å². The minimum atomic E-state index is -0.0461. The van der Waals surface area contributed by atoms with Crippen molar-refractivity contribution in [1.29, 1.82) is 0 Å². The average Bonchev–Trinajstić information content (AvgIpc) is 2.09. The summed E-state index contributed by atoms with van der Waals surface area (Å²) in [5.41, 5.74) is 1.20. The first-order valence-electron chi connectivity index (χ1n) is 5.30. The van der Waals surface area contributed by atoms with Gasteiger partial charge < -0.3 is 0 Å². The van der Waals surface area contributed by atoms with Crippen LogP contribution in [0.3, 0.4) is 0 Å². The maximum Gasteiger partial charge on any atom is 0.161 e. The van der Waals surface area contributed by atoms with Crippen molar-refractivity contribution in [2.45, 2.75) is 52.9 Å². The van der Waals surface area contributed by atoms with Crippen LogP contribution < -0.4 is 0 Å². The molecule has 13 heavy (non-hydrogen) atoms. The van der Waals surface area contributed by atoms with Crippen LogP contribution in [0.25, 0.3) is 0 Å². The molecule has 0 saturated heterocycles. The molecule has 0 radical (unpaired) electrons. The van der Waals surface area contributed by atoms with Gasteiger partial charge in [0.2, 0.25) is 0 Å². The third kappa shape index (κ3) is 2.43. The highest BCUT2D eigenvalue weighted by Crippen LogP contribution is 2.36. The van der Waals surface area contributed by atoms with Crippen LogP contribution in [0.4, 0.5) is 0 Å². The fraction of sp³-hybridized carbons (Fsp3) is 0.750. The Morgan fingerprint density at radius 3 is 2.77 bits per heavy atom. The van der Waals surface area contributed by atoms with E-state index in [0.717, 1.165) is 19.3 Å². The molecule has 0 amide bonds. The first-order chi connectivity index (χ1) is 6.08. The SMILES string of the molecule is CCCCC1(C)CCC(C)=CC1=O. The van der Waals surface area contributed by atoms with E-state index in [1.165, 1.54) is 18.4 Å². The number of carbonyl (C=O) groups is 1. The smallest absolute Gasteiger partial charge is 0.161 e. The Labute approximate surface area is 81.2 Å². The maximum absolute atomic E-state index is 11.8. The Hall–Kier alpha value is -0.590. The standard InChI is InChI=1S/C12H20O/c1-4-5-7-12(3)8-6-10(2)9-11(12)13/h9H,4-8H2,1-3H3. The quantitative estimate of drug-likeness (QED) is 0.649. The number of ketones is 1. The zero-order chi connectivity index (χ0) is 9.90. The van der Waals surface area contributed by atoms with Gasteiger partial charge in [-0.2, -0.15) is 0 Å². The minimum Gasteiger partial charge on any atom is -0.294 e. The van der Waals surface area contributed by atoms with Crippen LogP contribution in [-0.2, 0) is 4.79 Å². The fourth-order valence-electron chi connectivity index (χ4n) is 1.88. The van der Waals surface area contributed by atoms with Crippen LogP contribution in [-0.4, -0.2) is 5.78 Å². The Bertz CT molecular complexity index is 227. The summed E-state index contributed by atoms with van der Waals surface area (Å²) >= 11 is 0. The summed E-state index contributed by atoms with van der Waals surface area (Å²) in [6.07, 6.45) is 7.42. The van der Waals surface area contributed by atoms with E-state index >= 15 is 0 Å². The van der Waals surface area contributed by atoms with Crippen molar-refractivity contribution in [3.63, 3.8) is 0 Å². The number of hydrogen-bond acceptors (Lipinski definition) is 1. The molecule has 1 unspecified atom stereocenters. The average molecular weight is 180 g/mol. The normalized spacial score (nSPS) is 28.8. The molecule has 1 aliphatic rings. The fourth-order valence-corrected chi connectivity index (χ4v) is 1.88. The predicted octanol–water partition coefficient (Wildman–Crippen LogP) is 3.49. The lowest BCUT2D eigenvalue weighted by Gasteiger charge is -2.30. The zero-order valence-corrected chi connectivity index (χ0v) is 9.02. The molecule has 0 aromatic rings. The number of hydrogen-bond donors (Lipinski definition) is 0. The van der Waals surface area contributed by atoms with E-state index in [1.807, 2.05) is 6.08 Å². The number of carbonyl (C=O) groups excluding carboxylic acids is 1. The molecule has 0 bridgehead atoms. The molecule has 0 N–H and O–H groups in total. The highest BCUT2D eigenvalue weighted by atomic mass is 16.1. The highest BCUT2D eigenvalue weighted by Gasteiger charge is 2.32. The molecule has 1 atom stereocenters. The van der Waals surface area contributed by atoms with Crippen LogP contribution in [0.15, 0.2) is 11.6 Å². The molecule has 0 fully saturated rings. The van der Waals surface area contributed by atoms with Gasteiger partial charge in [-0.15, -0.1) is 0 Å². The van der Waals surface area contributed by atoms with Gasteiger partial charge in [0, 0.05) is 5.41 Å². The van der Waals surface area contributed by atoms with Crippen molar-refractivity contribution in [1.82, 2.24) is 0 Å². The van der Waals surface area contributed by atoms with Crippen molar-refractivity contribution in [3.05, 3.63) is 11.6 Å². The molecule has 0 aromatic carbocycles. The number of allylic oxidation sites excluding steroid dienone is 2. The molecule has 0 aromatic heterocycles. The summed E-state index contributed by atoms with van der Waals surface area (Å²) in [6.45, 7) is 6.35. The lowest BCUT2D eigenvalue weighted by atomic mass is 9.72. The Morgan fingerprint density at radius 2 is 2.23 bits per heavy atom. The Kier molecular flexibility index (Phi) is 3.29. The van der Waals surface area contributed by atoms with E-state index in [2.05, 4.69) is 20.8 Å². The summed E-state index contributed by atoms with van der Waals surface area (Å²) in [7, 11) is 0. The second-order valence-electron chi connectivity index (χ2n) is 4.52. The summed E-state index contributed by atoms with van der Waals surface area (Å²) in [5, 5.41) is 0. The van der Waals surface area contributed by atoms with Crippen LogP contribution in [0.1, 0.15) is 52.9 Å². The Morgan fingerprint density at radius 1 is 1.54 bits per heavy atom. The summed E-state index contributed by atoms with van der Waals surface area (Å²) in [4.78, 5) is 11.8. The molecule has 0 spiro atoms. The van der Waals surface area contributed by atoms with Gasteiger partial charge in [-0.1, -0.05) is 32.3 Å². The van der Waals surface area contributed by atoms with Gasteiger partial charge in [-0.3, -0.25) is 4.79 Å². The van der Waals surface area contributed by atoms with Gasteiger partial charge in [0.25, 0.3) is 0 Å². The first kappa shape index (κ1) is 10.5. The second-order valence-corrected chi connectivity index (χ2v) is 4.52. The van der Waals surface area contributed by atoms with Crippen molar-refractivity contribution < 1.29 is 4.79 Å². The van der Waals surface area contributed by atoms with Gasteiger partial charge >= 0.3 is 0 Å². The summed E-state index contributed by atoms with van der Waals surface area (Å²) in [6, 6.07) is 0. The zero-order valence-electron chi connectivity index (χ0n) is 9.02. The molecule has 0 saturated carbocycles. The van der Waals surface area contributed by atoms with E-state index in [0.29, 0.717) is 5.78 Å². The van der Waals surface area contributed by atoms with Gasteiger partial charge in [0.15, 0.2) is 5.78 Å². The van der Waals surface area contributed by atoms with Crippen molar-refractivity contribution in [2.24, 2.45) is 5.41 Å². The highest BCUT2D eigenvalue weighted by molar-refractivity contribution is 5.95. The van der Waals surface area contributed by atoms with E-state index in [-0.39, 0.29) is 5.41 Å². The van der Waals surface area contributed by atoms with E-state index in [4.69, 9.17) is 0 Å². The molecule has 74 valence electrons. The van der Waals surface area contributed by atoms with Crippen molar-refractivity contribution in [3.8, 4) is 0 Å². The number of unbranched alkanes of at least 4 members (excludes halogenated alkanes) is 1. The largest absolute Gasteiger partial charge is 0.294 e. The van der Waals surface area contributed by atoms with Crippen molar-refractivity contribution >= 4 is 5.78 Å². The lowest BCUT2D eigenvalue weighted by molar-refractivity contribution is -0.124. The van der Waals surface area contributed by atoms with Crippen LogP contribution in [0.5, 0.6) is 0 Å². The van der Waals surface area contributed by atoms with Crippen LogP contribution >= 0.6 is 0 Å². The summed E-state index contributed by atoms with van der Waals surface area (Å²) in [5.74, 6) is 0.352. The van der Waals surface area contributed by atoms with E-state index in [9.17, 15) is 4.79 Å². The monoisotopic (exact) mass is 180 g/mol. The molecule has 0 heterocycles. The lowest BCUT2D eigenvalue weighted by Crippen LogP contribution is -2.29. The van der Waals surface area contributed by atoms with Crippen LogP contribution in [0.2, 0.25) is 0 Å². The van der Waals surface area contributed by atoms with Crippen LogP contribution in [0, 0.1) is 5.41 Å². The molecule has 0 aliphatic heterocycles.